The highest BCUT2D eigenvalue weighted by molar-refractivity contribution is 7.94. The second-order valence-corrected chi connectivity index (χ2v) is 5.90. The van der Waals surface area contributed by atoms with E-state index >= 15 is 0 Å². The average molecular weight is 323 g/mol. The summed E-state index contributed by atoms with van der Waals surface area (Å²) >= 11 is 0.127. The number of halogens is 1. The van der Waals surface area contributed by atoms with Crippen LogP contribution in [0.4, 0.5) is 9.57 Å². The van der Waals surface area contributed by atoms with E-state index in [0.29, 0.717) is 30.0 Å². The molecule has 22 heavy (non-hydrogen) atoms. The molecule has 2 fully saturated rings. The summed E-state index contributed by atoms with van der Waals surface area (Å²) in [7, 11) is 0. The van der Waals surface area contributed by atoms with Gasteiger partial charge in [-0.2, -0.15) is 3.89 Å². The van der Waals surface area contributed by atoms with Gasteiger partial charge in [-0.1, -0.05) is 0 Å². The molecule has 0 saturated carbocycles. The third-order valence-corrected chi connectivity index (χ3v) is 4.46. The van der Waals surface area contributed by atoms with Gasteiger partial charge in [0.25, 0.3) is 0 Å². The second kappa shape index (κ2) is 5.96. The third-order valence-electron chi connectivity index (χ3n) is 4.01. The Balaban J connectivity index is 1.81. The maximum absolute atomic E-state index is 12.6. The quantitative estimate of drug-likeness (QED) is 0.829. The molecule has 2 atom stereocenters. The third kappa shape index (κ3) is 2.54. The molecule has 2 heterocycles. The van der Waals surface area contributed by atoms with Crippen molar-refractivity contribution in [3.63, 3.8) is 0 Å². The standard InChI is InChI=1S/C14H14FN3O3S/c15-22-11-3-1-10(2-4-11)17-7-13(20)18-6-9(16-8-19)5-12(18)14(17)21/h1-4,8-9,12H,5-7H2,(H,16,19). The van der Waals surface area contributed by atoms with Crippen LogP contribution in [0.1, 0.15) is 6.42 Å². The number of hydrogen-bond donors (Lipinski definition) is 1. The Bertz CT molecular complexity index is 610. The number of benzene rings is 1. The monoisotopic (exact) mass is 323 g/mol. The van der Waals surface area contributed by atoms with E-state index in [4.69, 9.17) is 0 Å². The predicted molar refractivity (Wildman–Crippen MR) is 78.9 cm³/mol. The van der Waals surface area contributed by atoms with Gasteiger partial charge in [0.2, 0.25) is 18.2 Å². The first-order valence-corrected chi connectivity index (χ1v) is 7.55. The maximum Gasteiger partial charge on any atom is 0.250 e. The summed E-state index contributed by atoms with van der Waals surface area (Å²) in [5.74, 6) is -0.320. The van der Waals surface area contributed by atoms with Gasteiger partial charge < -0.3 is 15.1 Å². The molecular weight excluding hydrogens is 309 g/mol. The lowest BCUT2D eigenvalue weighted by atomic mass is 10.1. The zero-order valence-electron chi connectivity index (χ0n) is 11.6. The number of fused-ring (bicyclic) bond motifs is 1. The fraction of sp³-hybridized carbons (Fsp3) is 0.357. The van der Waals surface area contributed by atoms with E-state index in [1.165, 1.54) is 9.80 Å². The minimum Gasteiger partial charge on any atom is -0.354 e. The summed E-state index contributed by atoms with van der Waals surface area (Å²) in [6.07, 6.45) is 1.00. The van der Waals surface area contributed by atoms with E-state index in [9.17, 15) is 18.3 Å². The maximum atomic E-state index is 12.6. The molecule has 0 aliphatic carbocycles. The molecular formula is C14H14FN3O3S. The number of rotatable bonds is 4. The smallest absolute Gasteiger partial charge is 0.250 e. The fourth-order valence-electron chi connectivity index (χ4n) is 2.94. The molecule has 3 rings (SSSR count). The SMILES string of the molecule is O=CNC1CC2C(=O)N(c3ccc(SF)cc3)CC(=O)N2C1. The molecule has 0 radical (unpaired) electrons. The van der Waals surface area contributed by atoms with Crippen LogP contribution in [0.5, 0.6) is 0 Å². The van der Waals surface area contributed by atoms with Crippen molar-refractivity contribution in [2.75, 3.05) is 18.0 Å². The Morgan fingerprint density at radius 2 is 2.00 bits per heavy atom. The van der Waals surface area contributed by atoms with E-state index in [-0.39, 0.29) is 36.5 Å². The van der Waals surface area contributed by atoms with Crippen LogP contribution in [0.25, 0.3) is 0 Å². The summed E-state index contributed by atoms with van der Waals surface area (Å²) in [6, 6.07) is 5.64. The lowest BCUT2D eigenvalue weighted by Gasteiger charge is -2.36. The highest BCUT2D eigenvalue weighted by Crippen LogP contribution is 2.29. The number of nitrogens with one attached hydrogen (secondary N) is 1. The lowest BCUT2D eigenvalue weighted by Crippen LogP contribution is -2.57. The van der Waals surface area contributed by atoms with Crippen LogP contribution in [0.3, 0.4) is 0 Å². The first-order valence-electron chi connectivity index (χ1n) is 6.83. The molecule has 116 valence electrons. The normalized spacial score (nSPS) is 24.4. The average Bonchev–Trinajstić information content (AvgIpc) is 2.96. The highest BCUT2D eigenvalue weighted by atomic mass is 32.2. The van der Waals surface area contributed by atoms with E-state index in [1.807, 2.05) is 0 Å². The van der Waals surface area contributed by atoms with Crippen LogP contribution < -0.4 is 10.2 Å². The first-order chi connectivity index (χ1) is 10.6. The van der Waals surface area contributed by atoms with Crippen molar-refractivity contribution in [2.45, 2.75) is 23.4 Å². The first kappa shape index (κ1) is 14.8. The minimum absolute atomic E-state index is 0.0365. The van der Waals surface area contributed by atoms with E-state index in [2.05, 4.69) is 5.32 Å². The molecule has 2 unspecified atom stereocenters. The molecule has 6 nitrogen and oxygen atoms in total. The summed E-state index contributed by atoms with van der Waals surface area (Å²) in [6.45, 7) is 0.324. The van der Waals surface area contributed by atoms with Gasteiger partial charge in [0.1, 0.15) is 12.6 Å². The molecule has 1 aromatic carbocycles. The Labute approximate surface area is 130 Å². The predicted octanol–water partition coefficient (Wildman–Crippen LogP) is 0.725. The van der Waals surface area contributed by atoms with Gasteiger partial charge in [-0.3, -0.25) is 14.4 Å². The van der Waals surface area contributed by atoms with Gasteiger partial charge in [0.05, 0.1) is 12.1 Å². The molecule has 0 spiro atoms. The second-order valence-electron chi connectivity index (χ2n) is 5.27. The molecule has 8 heteroatoms. The van der Waals surface area contributed by atoms with E-state index in [0.717, 1.165) is 0 Å². The summed E-state index contributed by atoms with van der Waals surface area (Å²) < 4.78 is 12.5. The summed E-state index contributed by atoms with van der Waals surface area (Å²) in [4.78, 5) is 38.7. The van der Waals surface area contributed by atoms with Gasteiger partial charge in [0, 0.05) is 23.2 Å². The van der Waals surface area contributed by atoms with E-state index in [1.54, 1.807) is 24.3 Å². The van der Waals surface area contributed by atoms with Crippen LogP contribution >= 0.6 is 12.1 Å². The summed E-state index contributed by atoms with van der Waals surface area (Å²) in [5, 5.41) is 2.62. The minimum atomic E-state index is -0.547. The van der Waals surface area contributed by atoms with Gasteiger partial charge in [-0.25, -0.2) is 0 Å². The number of anilines is 1. The topological polar surface area (TPSA) is 69.7 Å². The number of carbonyl (C=O) groups excluding carboxylic acids is 3. The molecule has 1 N–H and O–H groups in total. The number of amides is 3. The largest absolute Gasteiger partial charge is 0.354 e. The Morgan fingerprint density at radius 1 is 1.27 bits per heavy atom. The van der Waals surface area contributed by atoms with Gasteiger partial charge >= 0.3 is 0 Å². The molecule has 3 amide bonds. The fourth-order valence-corrected chi connectivity index (χ4v) is 3.18. The number of nitrogens with zero attached hydrogens (tertiary/aromatic N) is 2. The highest BCUT2D eigenvalue weighted by Gasteiger charge is 2.45. The number of hydrogen-bond acceptors (Lipinski definition) is 4. The zero-order valence-corrected chi connectivity index (χ0v) is 12.4. The molecule has 1 aromatic rings. The number of carbonyl (C=O) groups is 3. The van der Waals surface area contributed by atoms with Gasteiger partial charge in [-0.15, -0.1) is 0 Å². The molecule has 2 aliphatic heterocycles. The van der Waals surface area contributed by atoms with Crippen molar-refractivity contribution >= 4 is 36.1 Å². The Morgan fingerprint density at radius 3 is 2.64 bits per heavy atom. The lowest BCUT2D eigenvalue weighted by molar-refractivity contribution is -0.140. The van der Waals surface area contributed by atoms with Crippen LogP contribution in [0, 0.1) is 0 Å². The Kier molecular flexibility index (Phi) is 4.02. The van der Waals surface area contributed by atoms with Crippen LogP contribution in [-0.4, -0.2) is 48.3 Å². The van der Waals surface area contributed by atoms with Crippen LogP contribution in [-0.2, 0) is 14.4 Å². The van der Waals surface area contributed by atoms with Gasteiger partial charge in [-0.05, 0) is 30.7 Å². The summed E-state index contributed by atoms with van der Waals surface area (Å²) in [5.41, 5.74) is 0.572. The van der Waals surface area contributed by atoms with E-state index < -0.39 is 6.04 Å². The number of piperazine rings is 1. The zero-order chi connectivity index (χ0) is 15.7. The van der Waals surface area contributed by atoms with Crippen molar-refractivity contribution in [2.24, 2.45) is 0 Å². The van der Waals surface area contributed by atoms with Crippen molar-refractivity contribution in [1.82, 2.24) is 10.2 Å². The Hall–Kier alpha value is -2.09. The van der Waals surface area contributed by atoms with Crippen LogP contribution in [0.15, 0.2) is 29.2 Å². The molecule has 2 aliphatic rings. The van der Waals surface area contributed by atoms with Gasteiger partial charge in [0.15, 0.2) is 0 Å². The van der Waals surface area contributed by atoms with Crippen molar-refractivity contribution in [3.8, 4) is 0 Å². The molecule has 0 bridgehead atoms. The van der Waals surface area contributed by atoms with Crippen LogP contribution in [0.2, 0.25) is 0 Å². The molecule has 2 saturated heterocycles. The molecule has 0 aromatic heterocycles. The van der Waals surface area contributed by atoms with Crippen molar-refractivity contribution < 1.29 is 18.3 Å². The van der Waals surface area contributed by atoms with Crippen molar-refractivity contribution in [3.05, 3.63) is 24.3 Å². The van der Waals surface area contributed by atoms with Crippen molar-refractivity contribution in [1.29, 1.82) is 0 Å².